The number of halogens is 2. The number of alkyl halides is 2. The van der Waals surface area contributed by atoms with Crippen LogP contribution in [0.1, 0.15) is 6.42 Å². The molecule has 2 heterocycles. The van der Waals surface area contributed by atoms with Crippen molar-refractivity contribution in [3.05, 3.63) is 24.3 Å². The van der Waals surface area contributed by atoms with Crippen molar-refractivity contribution >= 4 is 11.6 Å². The van der Waals surface area contributed by atoms with Gasteiger partial charge in [0.1, 0.15) is 12.4 Å². The van der Waals surface area contributed by atoms with Gasteiger partial charge in [0.2, 0.25) is 5.91 Å². The van der Waals surface area contributed by atoms with E-state index < -0.39 is 30.8 Å². The van der Waals surface area contributed by atoms with Crippen LogP contribution in [0.15, 0.2) is 24.3 Å². The normalized spacial score (nSPS) is 23.7. The lowest BCUT2D eigenvalue weighted by atomic mass is 10.2. The number of nitrogens with one attached hydrogen (secondary N) is 2. The van der Waals surface area contributed by atoms with E-state index in [1.54, 1.807) is 24.3 Å². The van der Waals surface area contributed by atoms with E-state index in [1.165, 1.54) is 0 Å². The van der Waals surface area contributed by atoms with Crippen LogP contribution in [0.3, 0.4) is 0 Å². The van der Waals surface area contributed by atoms with Gasteiger partial charge in [0, 0.05) is 44.8 Å². The number of carbonyl (C=O) groups is 1. The Hall–Kier alpha value is -1.77. The molecule has 0 bridgehead atoms. The van der Waals surface area contributed by atoms with Gasteiger partial charge in [0.25, 0.3) is 5.92 Å². The Kier molecular flexibility index (Phi) is 6.05. The zero-order valence-electron chi connectivity index (χ0n) is 15.0. The van der Waals surface area contributed by atoms with Crippen molar-refractivity contribution in [2.24, 2.45) is 0 Å². The highest BCUT2D eigenvalue weighted by molar-refractivity contribution is 5.95. The number of hydrogen-bond acceptors (Lipinski definition) is 5. The van der Waals surface area contributed by atoms with Crippen LogP contribution in [0.25, 0.3) is 0 Å². The first-order chi connectivity index (χ1) is 12.4. The lowest BCUT2D eigenvalue weighted by Crippen LogP contribution is -2.45. The first kappa shape index (κ1) is 19.0. The Bertz CT molecular complexity index is 604. The highest BCUT2D eigenvalue weighted by atomic mass is 19.3. The summed E-state index contributed by atoms with van der Waals surface area (Å²) < 4.78 is 32.1. The molecule has 6 nitrogen and oxygen atoms in total. The van der Waals surface area contributed by atoms with Gasteiger partial charge in [-0.2, -0.15) is 0 Å². The van der Waals surface area contributed by atoms with Crippen LogP contribution in [-0.2, 0) is 4.79 Å². The number of ether oxygens (including phenoxy) is 1. The zero-order chi connectivity index (χ0) is 18.6. The van der Waals surface area contributed by atoms with Crippen molar-refractivity contribution in [3.63, 3.8) is 0 Å². The van der Waals surface area contributed by atoms with Crippen LogP contribution in [0, 0.1) is 0 Å². The molecular formula is C18H26F2N4O2. The third-order valence-corrected chi connectivity index (χ3v) is 4.82. The summed E-state index contributed by atoms with van der Waals surface area (Å²) >= 11 is 0. The van der Waals surface area contributed by atoms with Gasteiger partial charge in [-0.3, -0.25) is 15.0 Å². The number of carbonyl (C=O) groups excluding carboxylic acids is 1. The molecule has 2 saturated heterocycles. The van der Waals surface area contributed by atoms with E-state index in [9.17, 15) is 13.6 Å². The van der Waals surface area contributed by atoms with Crippen molar-refractivity contribution in [1.82, 2.24) is 15.1 Å². The van der Waals surface area contributed by atoms with E-state index in [1.807, 2.05) is 0 Å². The molecule has 144 valence electrons. The SMILES string of the molecule is CN1CCN(CCOc2ccc(NC(=O)C3CC(F)(F)CN3)cc2)CC1. The molecule has 0 aliphatic carbocycles. The van der Waals surface area contributed by atoms with Crippen LogP contribution in [0.4, 0.5) is 14.5 Å². The quantitative estimate of drug-likeness (QED) is 0.792. The van der Waals surface area contributed by atoms with Crippen molar-refractivity contribution < 1.29 is 18.3 Å². The van der Waals surface area contributed by atoms with E-state index in [4.69, 9.17) is 4.74 Å². The summed E-state index contributed by atoms with van der Waals surface area (Å²) in [5.74, 6) is -2.53. The first-order valence-electron chi connectivity index (χ1n) is 8.97. The predicted molar refractivity (Wildman–Crippen MR) is 95.9 cm³/mol. The molecule has 0 saturated carbocycles. The number of anilines is 1. The fraction of sp³-hybridized carbons (Fsp3) is 0.611. The van der Waals surface area contributed by atoms with Gasteiger partial charge in [0.15, 0.2) is 0 Å². The zero-order valence-corrected chi connectivity index (χ0v) is 15.0. The molecule has 8 heteroatoms. The molecular weight excluding hydrogens is 342 g/mol. The van der Waals surface area contributed by atoms with Crippen LogP contribution >= 0.6 is 0 Å². The van der Waals surface area contributed by atoms with Gasteiger partial charge >= 0.3 is 0 Å². The number of likely N-dealkylation sites (N-methyl/N-ethyl adjacent to an activating group) is 1. The van der Waals surface area contributed by atoms with Gasteiger partial charge in [-0.05, 0) is 31.3 Å². The van der Waals surface area contributed by atoms with Gasteiger partial charge in [-0.25, -0.2) is 8.78 Å². The maximum absolute atomic E-state index is 13.2. The second kappa shape index (κ2) is 8.28. The summed E-state index contributed by atoms with van der Waals surface area (Å²) in [5, 5.41) is 5.20. The van der Waals surface area contributed by atoms with Crippen molar-refractivity contribution in [1.29, 1.82) is 0 Å². The largest absolute Gasteiger partial charge is 0.492 e. The molecule has 2 aliphatic heterocycles. The summed E-state index contributed by atoms with van der Waals surface area (Å²) in [4.78, 5) is 16.7. The maximum Gasteiger partial charge on any atom is 0.262 e. The lowest BCUT2D eigenvalue weighted by Gasteiger charge is -2.32. The number of rotatable bonds is 6. The summed E-state index contributed by atoms with van der Waals surface area (Å²) in [6.07, 6.45) is -0.466. The molecule has 1 amide bonds. The fourth-order valence-corrected chi connectivity index (χ4v) is 3.13. The molecule has 0 spiro atoms. The Morgan fingerprint density at radius 2 is 1.96 bits per heavy atom. The summed E-state index contributed by atoms with van der Waals surface area (Å²) in [7, 11) is 2.13. The van der Waals surface area contributed by atoms with Crippen LogP contribution < -0.4 is 15.4 Å². The van der Waals surface area contributed by atoms with Gasteiger partial charge in [0.05, 0.1) is 12.6 Å². The Morgan fingerprint density at radius 3 is 2.58 bits per heavy atom. The molecule has 2 N–H and O–H groups in total. The molecule has 26 heavy (non-hydrogen) atoms. The number of nitrogens with zero attached hydrogens (tertiary/aromatic N) is 2. The third kappa shape index (κ3) is 5.36. The molecule has 1 atom stereocenters. The van der Waals surface area contributed by atoms with Gasteiger partial charge in [-0.1, -0.05) is 0 Å². The maximum atomic E-state index is 13.2. The minimum atomic E-state index is -2.82. The molecule has 2 fully saturated rings. The van der Waals surface area contributed by atoms with E-state index >= 15 is 0 Å². The third-order valence-electron chi connectivity index (χ3n) is 4.82. The molecule has 1 unspecified atom stereocenters. The van der Waals surface area contributed by atoms with Crippen LogP contribution in [-0.4, -0.2) is 80.6 Å². The Morgan fingerprint density at radius 1 is 1.27 bits per heavy atom. The number of amides is 1. The molecule has 2 aliphatic rings. The molecule has 0 aromatic heterocycles. The second-order valence-electron chi connectivity index (χ2n) is 7.00. The van der Waals surface area contributed by atoms with E-state index in [0.717, 1.165) is 38.5 Å². The Labute approximate surface area is 152 Å². The molecule has 1 aromatic carbocycles. The fourth-order valence-electron chi connectivity index (χ4n) is 3.13. The number of piperazine rings is 1. The van der Waals surface area contributed by atoms with E-state index in [2.05, 4.69) is 27.5 Å². The average Bonchev–Trinajstić information content (AvgIpc) is 2.98. The average molecular weight is 368 g/mol. The number of benzene rings is 1. The molecule has 1 aromatic rings. The standard InChI is InChI=1S/C18H26F2N4O2/c1-23-6-8-24(9-7-23)10-11-26-15-4-2-14(3-5-15)22-17(25)16-12-18(19,20)13-21-16/h2-5,16,21H,6-13H2,1H3,(H,22,25). The summed E-state index contributed by atoms with van der Waals surface area (Å²) in [6.45, 7) is 5.31. The minimum Gasteiger partial charge on any atom is -0.492 e. The highest BCUT2D eigenvalue weighted by Crippen LogP contribution is 2.26. The lowest BCUT2D eigenvalue weighted by molar-refractivity contribution is -0.118. The monoisotopic (exact) mass is 368 g/mol. The van der Waals surface area contributed by atoms with E-state index in [0.29, 0.717) is 12.3 Å². The smallest absolute Gasteiger partial charge is 0.262 e. The van der Waals surface area contributed by atoms with Crippen LogP contribution in [0.5, 0.6) is 5.75 Å². The topological polar surface area (TPSA) is 56.8 Å². The minimum absolute atomic E-state index is 0.439. The van der Waals surface area contributed by atoms with Gasteiger partial charge in [-0.15, -0.1) is 0 Å². The Balaban J connectivity index is 1.40. The summed E-state index contributed by atoms with van der Waals surface area (Å²) in [5.41, 5.74) is 0.568. The van der Waals surface area contributed by atoms with Gasteiger partial charge < -0.3 is 15.0 Å². The van der Waals surface area contributed by atoms with Crippen molar-refractivity contribution in [2.45, 2.75) is 18.4 Å². The molecule has 3 rings (SSSR count). The second-order valence-corrected chi connectivity index (χ2v) is 7.00. The molecule has 0 radical (unpaired) electrons. The highest BCUT2D eigenvalue weighted by Gasteiger charge is 2.42. The summed E-state index contributed by atoms with van der Waals surface area (Å²) in [6, 6.07) is 6.13. The van der Waals surface area contributed by atoms with E-state index in [-0.39, 0.29) is 0 Å². The number of hydrogen-bond donors (Lipinski definition) is 2. The van der Waals surface area contributed by atoms with Crippen molar-refractivity contribution in [3.8, 4) is 5.75 Å². The predicted octanol–water partition coefficient (Wildman–Crippen LogP) is 1.25. The first-order valence-corrected chi connectivity index (χ1v) is 8.97. The van der Waals surface area contributed by atoms with Crippen molar-refractivity contribution in [2.75, 3.05) is 58.2 Å². The van der Waals surface area contributed by atoms with Crippen LogP contribution in [0.2, 0.25) is 0 Å².